The molecule has 5 rings (SSSR count). The van der Waals surface area contributed by atoms with E-state index in [1.807, 2.05) is 30.3 Å². The summed E-state index contributed by atoms with van der Waals surface area (Å²) in [4.78, 5) is 38.4. The topological polar surface area (TPSA) is 69.7 Å². The molecule has 37 heavy (non-hydrogen) atoms. The maximum Gasteiger partial charge on any atom is 0.338 e. The Labute approximate surface area is 222 Å². The molecule has 4 aliphatic carbocycles. The van der Waals surface area contributed by atoms with Crippen LogP contribution in [0.1, 0.15) is 95.3 Å². The summed E-state index contributed by atoms with van der Waals surface area (Å²) < 4.78 is 10.8. The van der Waals surface area contributed by atoms with Gasteiger partial charge in [-0.15, -0.1) is 0 Å². The molecule has 0 amide bonds. The minimum atomic E-state index is -0.262. The molecule has 202 valence electrons. The molecule has 4 aliphatic rings. The second-order valence-electron chi connectivity index (χ2n) is 13.0. The summed E-state index contributed by atoms with van der Waals surface area (Å²) in [6, 6.07) is 9.29. The van der Waals surface area contributed by atoms with Gasteiger partial charge in [0, 0.05) is 18.3 Å². The molecule has 0 unspecified atom stereocenters. The van der Waals surface area contributed by atoms with E-state index in [2.05, 4.69) is 20.8 Å². The Hall–Kier alpha value is -2.17. The van der Waals surface area contributed by atoms with Gasteiger partial charge in [-0.25, -0.2) is 4.79 Å². The number of esters is 2. The molecule has 5 heteroatoms. The first-order valence-corrected chi connectivity index (χ1v) is 14.5. The number of ketones is 1. The monoisotopic (exact) mass is 508 g/mol. The molecule has 0 N–H and O–H groups in total. The average Bonchev–Trinajstić information content (AvgIpc) is 3.27. The molecule has 4 fully saturated rings. The molecular formula is C32H44O5. The SMILES string of the molecule is COC(=O)CC[C@@H](C)[C@H]1CC[C@H]2[C@H]3CC[C@H]4C[C@H](OC(=O)c5ccccc5)CC[C@]4(C)[C@@H]3CC(=O)[C@]12C. The van der Waals surface area contributed by atoms with Crippen molar-refractivity contribution in [1.29, 1.82) is 0 Å². The second-order valence-corrected chi connectivity index (χ2v) is 13.0. The fraction of sp³-hybridized carbons (Fsp3) is 0.719. The highest BCUT2D eigenvalue weighted by atomic mass is 16.5. The highest BCUT2D eigenvalue weighted by Gasteiger charge is 2.64. The normalized spacial score (nSPS) is 39.6. The fourth-order valence-electron chi connectivity index (χ4n) is 9.42. The minimum absolute atomic E-state index is 0.0292. The molecule has 1 aromatic rings. The van der Waals surface area contributed by atoms with Crippen LogP contribution in [0.15, 0.2) is 30.3 Å². The third-order valence-corrected chi connectivity index (χ3v) is 11.6. The molecule has 1 aromatic carbocycles. The first kappa shape index (κ1) is 26.4. The van der Waals surface area contributed by atoms with Crippen molar-refractivity contribution < 1.29 is 23.9 Å². The van der Waals surface area contributed by atoms with Gasteiger partial charge in [0.05, 0.1) is 12.7 Å². The number of fused-ring (bicyclic) bond motifs is 5. The maximum atomic E-state index is 14.0. The van der Waals surface area contributed by atoms with E-state index >= 15 is 0 Å². The first-order valence-electron chi connectivity index (χ1n) is 14.5. The summed E-state index contributed by atoms with van der Waals surface area (Å²) >= 11 is 0. The van der Waals surface area contributed by atoms with Crippen LogP contribution in [0.2, 0.25) is 0 Å². The van der Waals surface area contributed by atoms with Crippen molar-refractivity contribution in [3.8, 4) is 0 Å². The zero-order valence-electron chi connectivity index (χ0n) is 23.0. The van der Waals surface area contributed by atoms with Crippen LogP contribution in [0.3, 0.4) is 0 Å². The van der Waals surface area contributed by atoms with Gasteiger partial charge in [0.15, 0.2) is 0 Å². The molecule has 5 nitrogen and oxygen atoms in total. The van der Waals surface area contributed by atoms with Gasteiger partial charge in [-0.2, -0.15) is 0 Å². The summed E-state index contributed by atoms with van der Waals surface area (Å²) in [5, 5.41) is 0. The summed E-state index contributed by atoms with van der Waals surface area (Å²) in [7, 11) is 1.45. The third kappa shape index (κ3) is 4.55. The molecule has 0 spiro atoms. The van der Waals surface area contributed by atoms with Gasteiger partial charge in [-0.05, 0) is 104 Å². The molecule has 0 aromatic heterocycles. The summed E-state index contributed by atoms with van der Waals surface area (Å²) in [6.07, 6.45) is 9.31. The lowest BCUT2D eigenvalue weighted by atomic mass is 9.44. The van der Waals surface area contributed by atoms with Gasteiger partial charge >= 0.3 is 11.9 Å². The standard InChI is InChI=1S/C32H44O5/c1-20(10-15-29(34)36-4)25-13-14-26-24-12-11-22-18-23(37-30(35)21-8-6-5-7-9-21)16-17-31(22,2)27(24)19-28(33)32(25,26)3/h5-9,20,22-27H,10-19H2,1-4H3/t20-,22+,23-,24-,25-,26+,27-,31+,32-/m1/s1. The van der Waals surface area contributed by atoms with Gasteiger partial charge in [0.1, 0.15) is 11.9 Å². The van der Waals surface area contributed by atoms with E-state index in [1.165, 1.54) is 20.0 Å². The molecule has 0 radical (unpaired) electrons. The fourth-order valence-corrected chi connectivity index (χ4v) is 9.42. The average molecular weight is 509 g/mol. The van der Waals surface area contributed by atoms with E-state index in [0.29, 0.717) is 59.7 Å². The van der Waals surface area contributed by atoms with Crippen LogP contribution in [-0.4, -0.2) is 30.9 Å². The Bertz CT molecular complexity index is 1020. The van der Waals surface area contributed by atoms with Crippen LogP contribution in [0, 0.1) is 46.3 Å². The number of rotatable bonds is 6. The van der Waals surface area contributed by atoms with E-state index in [1.54, 1.807) is 0 Å². The number of Topliss-reactive ketones (excluding diaryl/α,β-unsaturated/α-hetero) is 1. The van der Waals surface area contributed by atoms with E-state index in [0.717, 1.165) is 38.5 Å². The Morgan fingerprint density at radius 1 is 1.03 bits per heavy atom. The molecule has 0 heterocycles. The number of benzene rings is 1. The van der Waals surface area contributed by atoms with E-state index < -0.39 is 0 Å². The van der Waals surface area contributed by atoms with E-state index in [-0.39, 0.29) is 28.9 Å². The van der Waals surface area contributed by atoms with Crippen molar-refractivity contribution in [3.05, 3.63) is 35.9 Å². The molecule has 0 aliphatic heterocycles. The molecule has 0 saturated heterocycles. The minimum Gasteiger partial charge on any atom is -0.469 e. The summed E-state index contributed by atoms with van der Waals surface area (Å²) in [5.41, 5.74) is 0.500. The Morgan fingerprint density at radius 3 is 2.51 bits per heavy atom. The van der Waals surface area contributed by atoms with Crippen molar-refractivity contribution in [2.45, 2.75) is 91.1 Å². The second kappa shape index (κ2) is 10.2. The van der Waals surface area contributed by atoms with Crippen molar-refractivity contribution >= 4 is 17.7 Å². The largest absolute Gasteiger partial charge is 0.469 e. The van der Waals surface area contributed by atoms with Crippen molar-refractivity contribution in [2.75, 3.05) is 7.11 Å². The lowest BCUT2D eigenvalue weighted by Gasteiger charge is -2.60. The number of carbonyl (C=O) groups excluding carboxylic acids is 3. The van der Waals surface area contributed by atoms with Crippen LogP contribution >= 0.6 is 0 Å². The lowest BCUT2D eigenvalue weighted by Crippen LogP contribution is -2.57. The zero-order valence-corrected chi connectivity index (χ0v) is 23.0. The number of methoxy groups -OCH3 is 1. The zero-order chi connectivity index (χ0) is 26.4. The Kier molecular flexibility index (Phi) is 7.28. The number of hydrogen-bond donors (Lipinski definition) is 0. The number of ether oxygens (including phenoxy) is 2. The maximum absolute atomic E-state index is 14.0. The van der Waals surface area contributed by atoms with Crippen molar-refractivity contribution in [3.63, 3.8) is 0 Å². The molecule has 0 bridgehead atoms. The first-order chi connectivity index (χ1) is 17.7. The summed E-state index contributed by atoms with van der Waals surface area (Å²) in [5.74, 6) is 2.79. The third-order valence-electron chi connectivity index (χ3n) is 11.6. The molecule has 9 atom stereocenters. The predicted molar refractivity (Wildman–Crippen MR) is 142 cm³/mol. The van der Waals surface area contributed by atoms with Crippen LogP contribution in [-0.2, 0) is 19.1 Å². The number of hydrogen-bond acceptors (Lipinski definition) is 5. The van der Waals surface area contributed by atoms with Gasteiger partial charge in [0.25, 0.3) is 0 Å². The van der Waals surface area contributed by atoms with Crippen LogP contribution in [0.4, 0.5) is 0 Å². The highest BCUT2D eigenvalue weighted by molar-refractivity contribution is 5.89. The van der Waals surface area contributed by atoms with Gasteiger partial charge in [-0.3, -0.25) is 9.59 Å². The van der Waals surface area contributed by atoms with E-state index in [9.17, 15) is 14.4 Å². The lowest BCUT2D eigenvalue weighted by molar-refractivity contribution is -0.160. The summed E-state index contributed by atoms with van der Waals surface area (Å²) in [6.45, 7) is 6.93. The molecular weight excluding hydrogens is 464 g/mol. The predicted octanol–water partition coefficient (Wildman–Crippen LogP) is 6.64. The number of carbonyl (C=O) groups is 3. The Balaban J connectivity index is 1.27. The van der Waals surface area contributed by atoms with Crippen LogP contribution < -0.4 is 0 Å². The smallest absolute Gasteiger partial charge is 0.338 e. The van der Waals surface area contributed by atoms with Crippen LogP contribution in [0.25, 0.3) is 0 Å². The van der Waals surface area contributed by atoms with Gasteiger partial charge < -0.3 is 9.47 Å². The quantitative estimate of drug-likeness (QED) is 0.403. The highest BCUT2D eigenvalue weighted by Crippen LogP contribution is 2.67. The van der Waals surface area contributed by atoms with Gasteiger partial charge in [0.2, 0.25) is 0 Å². The van der Waals surface area contributed by atoms with Gasteiger partial charge in [-0.1, -0.05) is 39.0 Å². The molecule has 4 saturated carbocycles. The van der Waals surface area contributed by atoms with Crippen LogP contribution in [0.5, 0.6) is 0 Å². The Morgan fingerprint density at radius 2 is 1.78 bits per heavy atom. The van der Waals surface area contributed by atoms with Crippen molar-refractivity contribution in [1.82, 2.24) is 0 Å². The van der Waals surface area contributed by atoms with Crippen molar-refractivity contribution in [2.24, 2.45) is 46.3 Å². The van der Waals surface area contributed by atoms with E-state index in [4.69, 9.17) is 9.47 Å².